The Morgan fingerprint density at radius 3 is 2.61 bits per heavy atom. The molecule has 0 saturated heterocycles. The number of aromatic amines is 2. The van der Waals surface area contributed by atoms with Crippen molar-refractivity contribution >= 4 is 22.9 Å². The van der Waals surface area contributed by atoms with Crippen LogP contribution in [0, 0.1) is 12.7 Å². The number of hydrogen-bond acceptors (Lipinski definition) is 4. The number of carbonyl (C=O) groups is 2. The van der Waals surface area contributed by atoms with Crippen LogP contribution in [0.5, 0.6) is 5.75 Å². The van der Waals surface area contributed by atoms with Crippen molar-refractivity contribution in [3.63, 3.8) is 0 Å². The van der Waals surface area contributed by atoms with Gasteiger partial charge in [-0.05, 0) is 48.9 Å². The van der Waals surface area contributed by atoms with Crippen LogP contribution >= 0.6 is 0 Å². The molecule has 4 N–H and O–H groups in total. The highest BCUT2D eigenvalue weighted by Gasteiger charge is 2.19. The molecule has 4 aromatic rings. The minimum atomic E-state index is -0.930. The first-order chi connectivity index (χ1) is 13.4. The monoisotopic (exact) mass is 378 g/mol. The number of nitrogens with two attached hydrogens (primary N) is 1. The van der Waals surface area contributed by atoms with E-state index in [1.807, 2.05) is 0 Å². The van der Waals surface area contributed by atoms with E-state index >= 15 is 0 Å². The molecular weight excluding hydrogens is 363 g/mol. The van der Waals surface area contributed by atoms with Crippen molar-refractivity contribution in [2.45, 2.75) is 6.92 Å². The van der Waals surface area contributed by atoms with E-state index < -0.39 is 11.9 Å². The molecule has 0 unspecified atom stereocenters. The molecule has 2 aromatic carbocycles. The summed E-state index contributed by atoms with van der Waals surface area (Å²) < 4.78 is 18.1. The summed E-state index contributed by atoms with van der Waals surface area (Å²) >= 11 is 0. The van der Waals surface area contributed by atoms with Crippen LogP contribution in [0.3, 0.4) is 0 Å². The fourth-order valence-electron chi connectivity index (χ4n) is 3.05. The largest absolute Gasteiger partial charge is 0.410 e. The second-order valence-corrected chi connectivity index (χ2v) is 6.20. The van der Waals surface area contributed by atoms with Crippen LogP contribution in [0.4, 0.5) is 9.18 Å². The summed E-state index contributed by atoms with van der Waals surface area (Å²) in [7, 11) is 0. The van der Waals surface area contributed by atoms with Crippen LogP contribution in [0.25, 0.3) is 22.6 Å². The fourth-order valence-corrected chi connectivity index (χ4v) is 3.05. The van der Waals surface area contributed by atoms with E-state index in [-0.39, 0.29) is 11.5 Å². The van der Waals surface area contributed by atoms with Crippen molar-refractivity contribution in [3.8, 4) is 17.3 Å². The zero-order valence-corrected chi connectivity index (χ0v) is 14.7. The third-order valence-electron chi connectivity index (χ3n) is 4.41. The first-order valence-corrected chi connectivity index (χ1v) is 8.38. The van der Waals surface area contributed by atoms with Gasteiger partial charge in [-0.15, -0.1) is 0 Å². The fraction of sp³-hybridized carbons (Fsp3) is 0.0500. The van der Waals surface area contributed by atoms with E-state index in [1.165, 1.54) is 24.3 Å². The average Bonchev–Trinajstić information content (AvgIpc) is 3.25. The molecule has 0 saturated carbocycles. The van der Waals surface area contributed by atoms with Gasteiger partial charge in [0.1, 0.15) is 11.3 Å². The molecule has 2 heterocycles. The van der Waals surface area contributed by atoms with Gasteiger partial charge in [0.25, 0.3) is 0 Å². The van der Waals surface area contributed by atoms with Crippen LogP contribution in [-0.2, 0) is 0 Å². The zero-order valence-electron chi connectivity index (χ0n) is 14.7. The summed E-state index contributed by atoms with van der Waals surface area (Å²) in [6, 6.07) is 10.4. The molecule has 0 atom stereocenters. The lowest BCUT2D eigenvalue weighted by Crippen LogP contribution is -2.16. The van der Waals surface area contributed by atoms with E-state index in [0.717, 1.165) is 0 Å². The Hall–Kier alpha value is -3.94. The van der Waals surface area contributed by atoms with Crippen molar-refractivity contribution < 1.29 is 18.7 Å². The lowest BCUT2D eigenvalue weighted by molar-refractivity contribution is 0.103. The zero-order chi connectivity index (χ0) is 19.8. The molecule has 0 radical (unpaired) electrons. The molecule has 8 heteroatoms. The van der Waals surface area contributed by atoms with E-state index in [1.54, 1.807) is 31.3 Å². The van der Waals surface area contributed by atoms with Crippen molar-refractivity contribution in [1.29, 1.82) is 0 Å². The van der Waals surface area contributed by atoms with E-state index in [0.29, 0.717) is 39.2 Å². The summed E-state index contributed by atoms with van der Waals surface area (Å²) in [6.45, 7) is 1.79. The number of primary amides is 1. The van der Waals surface area contributed by atoms with Gasteiger partial charge >= 0.3 is 6.09 Å². The van der Waals surface area contributed by atoms with Crippen molar-refractivity contribution in [3.05, 3.63) is 71.2 Å². The molecular formula is C20H15FN4O3. The molecule has 4 rings (SSSR count). The topological polar surface area (TPSA) is 114 Å². The molecule has 0 fully saturated rings. The molecule has 1 amide bonds. The highest BCUT2D eigenvalue weighted by atomic mass is 19.1. The maximum absolute atomic E-state index is 13.1. The van der Waals surface area contributed by atoms with Gasteiger partial charge in [0, 0.05) is 17.3 Å². The van der Waals surface area contributed by atoms with E-state index in [2.05, 4.69) is 15.0 Å². The average molecular weight is 378 g/mol. The van der Waals surface area contributed by atoms with Gasteiger partial charge in [-0.2, -0.15) is 0 Å². The Morgan fingerprint density at radius 1 is 1.14 bits per heavy atom. The third kappa shape index (κ3) is 3.01. The summed E-state index contributed by atoms with van der Waals surface area (Å²) in [6.07, 6.45) is 0.657. The van der Waals surface area contributed by atoms with Crippen LogP contribution in [0.1, 0.15) is 21.5 Å². The maximum atomic E-state index is 13.1. The van der Waals surface area contributed by atoms with Gasteiger partial charge in [0.15, 0.2) is 17.4 Å². The molecule has 0 aliphatic heterocycles. The third-order valence-corrected chi connectivity index (χ3v) is 4.41. The van der Waals surface area contributed by atoms with Crippen molar-refractivity contribution in [1.82, 2.24) is 15.0 Å². The SMILES string of the molecule is Cc1c(C(=O)c2ccc(F)cc2)c[nH]c1-c1nc2c(OC(N)=O)cccc2[nH]1. The van der Waals surface area contributed by atoms with Crippen LogP contribution in [-0.4, -0.2) is 26.8 Å². The summed E-state index contributed by atoms with van der Waals surface area (Å²) in [5.74, 6) is 0.0821. The number of rotatable bonds is 4. The number of nitrogens with one attached hydrogen (secondary N) is 2. The number of carbonyl (C=O) groups excluding carboxylic acids is 2. The van der Waals surface area contributed by atoms with Gasteiger partial charge in [-0.1, -0.05) is 6.07 Å². The molecule has 7 nitrogen and oxygen atoms in total. The van der Waals surface area contributed by atoms with Crippen LogP contribution in [0.15, 0.2) is 48.7 Å². The number of ether oxygens (including phenoxy) is 1. The Morgan fingerprint density at radius 2 is 1.89 bits per heavy atom. The highest BCUT2D eigenvalue weighted by Crippen LogP contribution is 2.30. The van der Waals surface area contributed by atoms with E-state index in [9.17, 15) is 14.0 Å². The van der Waals surface area contributed by atoms with E-state index in [4.69, 9.17) is 10.5 Å². The summed E-state index contributed by atoms with van der Waals surface area (Å²) in [4.78, 5) is 34.5. The Balaban J connectivity index is 1.74. The number of amides is 1. The Bertz CT molecular complexity index is 1210. The number of aromatic nitrogens is 3. The highest BCUT2D eigenvalue weighted by molar-refractivity contribution is 6.10. The van der Waals surface area contributed by atoms with Crippen molar-refractivity contribution in [2.24, 2.45) is 5.73 Å². The minimum absolute atomic E-state index is 0.228. The number of imidazole rings is 1. The van der Waals surface area contributed by atoms with Crippen LogP contribution in [0.2, 0.25) is 0 Å². The maximum Gasteiger partial charge on any atom is 0.410 e. The van der Waals surface area contributed by atoms with Gasteiger partial charge in [-0.25, -0.2) is 14.2 Å². The predicted octanol–water partition coefficient (Wildman–Crippen LogP) is 3.69. The number of ketones is 1. The van der Waals surface area contributed by atoms with Gasteiger partial charge < -0.3 is 20.4 Å². The molecule has 140 valence electrons. The Kier molecular flexibility index (Phi) is 4.15. The number of hydrogen-bond donors (Lipinski definition) is 3. The van der Waals surface area contributed by atoms with Gasteiger partial charge in [0.2, 0.25) is 0 Å². The summed E-state index contributed by atoms with van der Waals surface area (Å²) in [5, 5.41) is 0. The number of H-pyrrole nitrogens is 2. The first kappa shape index (κ1) is 17.5. The standard InChI is InChI=1S/C20H15FN4O3/c1-10-13(18(26)11-5-7-12(21)8-6-11)9-23-16(10)19-24-14-3-2-4-15(17(14)25-19)28-20(22)27/h2-9,23H,1H3,(H2,22,27)(H,24,25). The predicted molar refractivity (Wildman–Crippen MR) is 101 cm³/mol. The smallest absolute Gasteiger partial charge is 0.408 e. The minimum Gasteiger partial charge on any atom is -0.408 e. The number of para-hydroxylation sites is 1. The summed E-state index contributed by atoms with van der Waals surface area (Å²) in [5.41, 5.74) is 8.32. The lowest BCUT2D eigenvalue weighted by Gasteiger charge is -2.01. The Labute approximate surface area is 158 Å². The number of fused-ring (bicyclic) bond motifs is 1. The lowest BCUT2D eigenvalue weighted by atomic mass is 10.0. The molecule has 2 aromatic heterocycles. The number of halogens is 1. The van der Waals surface area contributed by atoms with Gasteiger partial charge in [-0.3, -0.25) is 4.79 Å². The number of nitrogens with zero attached hydrogens (tertiary/aromatic N) is 1. The molecule has 0 aliphatic carbocycles. The first-order valence-electron chi connectivity index (χ1n) is 8.38. The van der Waals surface area contributed by atoms with Crippen LogP contribution < -0.4 is 10.5 Å². The molecule has 0 aliphatic rings. The molecule has 28 heavy (non-hydrogen) atoms. The second-order valence-electron chi connectivity index (χ2n) is 6.20. The van der Waals surface area contributed by atoms with Crippen molar-refractivity contribution in [2.75, 3.05) is 0 Å². The van der Waals surface area contributed by atoms with Gasteiger partial charge in [0.05, 0.1) is 11.2 Å². The molecule has 0 spiro atoms. The quantitative estimate of drug-likeness (QED) is 0.470. The number of benzene rings is 2. The molecule has 0 bridgehead atoms. The normalized spacial score (nSPS) is 10.9. The second kappa shape index (κ2) is 6.66.